The molecule has 2 heterocycles. The average Bonchev–Trinajstić information content (AvgIpc) is 3.46. The Balaban J connectivity index is 1.57. The number of rotatable bonds is 10. The van der Waals surface area contributed by atoms with Crippen molar-refractivity contribution in [3.63, 3.8) is 0 Å². The molecule has 0 saturated heterocycles. The van der Waals surface area contributed by atoms with Crippen LogP contribution in [0.15, 0.2) is 89.6 Å². The van der Waals surface area contributed by atoms with Gasteiger partial charge in [0.05, 0.1) is 26.0 Å². The van der Waals surface area contributed by atoms with Gasteiger partial charge in [-0.25, -0.2) is 4.68 Å². The zero-order valence-corrected chi connectivity index (χ0v) is 26.8. The number of nitrogens with zero attached hydrogens (tertiary/aromatic N) is 4. The number of aryl methyl sites for hydroxylation is 1. The summed E-state index contributed by atoms with van der Waals surface area (Å²) in [6.07, 6.45) is 3.98. The minimum absolute atomic E-state index is 0.0293. The SMILES string of the molecule is COc1ccc(CCN2C(=O)C(C#N)=C(C)/C(=C\c3cn(-c4ccccc4)nc3-c3ccc(OC(C)C)cc3C)C2=O)cc1OC. The van der Waals surface area contributed by atoms with Crippen molar-refractivity contribution in [2.45, 2.75) is 40.2 Å². The van der Waals surface area contributed by atoms with Crippen LogP contribution in [0.4, 0.5) is 0 Å². The molecular formula is C37H36N4O5. The van der Waals surface area contributed by atoms with Gasteiger partial charge in [0.1, 0.15) is 23.1 Å². The maximum atomic E-state index is 14.0. The Kier molecular flexibility index (Phi) is 9.38. The number of nitriles is 1. The minimum atomic E-state index is -0.612. The number of imide groups is 1. The fraction of sp³-hybridized carbons (Fsp3) is 0.243. The highest BCUT2D eigenvalue weighted by Gasteiger charge is 2.35. The second kappa shape index (κ2) is 13.6. The van der Waals surface area contributed by atoms with Gasteiger partial charge in [-0.05, 0) is 99.4 Å². The van der Waals surface area contributed by atoms with Crippen LogP contribution >= 0.6 is 0 Å². The summed E-state index contributed by atoms with van der Waals surface area (Å²) in [5, 5.41) is 14.9. The highest BCUT2D eigenvalue weighted by molar-refractivity contribution is 6.19. The van der Waals surface area contributed by atoms with Gasteiger partial charge >= 0.3 is 0 Å². The van der Waals surface area contributed by atoms with Gasteiger partial charge in [0.15, 0.2) is 11.5 Å². The maximum Gasteiger partial charge on any atom is 0.271 e. The van der Waals surface area contributed by atoms with E-state index in [4.69, 9.17) is 19.3 Å². The van der Waals surface area contributed by atoms with Crippen LogP contribution in [0.3, 0.4) is 0 Å². The molecule has 0 bridgehead atoms. The van der Waals surface area contributed by atoms with Crippen LogP contribution in [-0.4, -0.2) is 53.4 Å². The van der Waals surface area contributed by atoms with Crippen LogP contribution in [0.1, 0.15) is 37.5 Å². The fourth-order valence-electron chi connectivity index (χ4n) is 5.43. The molecule has 9 heteroatoms. The molecule has 0 atom stereocenters. The topological polar surface area (TPSA) is 107 Å². The summed E-state index contributed by atoms with van der Waals surface area (Å²) < 4.78 is 18.4. The summed E-state index contributed by atoms with van der Waals surface area (Å²) in [5.41, 5.74) is 5.34. The van der Waals surface area contributed by atoms with Crippen LogP contribution in [0, 0.1) is 18.3 Å². The van der Waals surface area contributed by atoms with Crippen molar-refractivity contribution < 1.29 is 23.8 Å². The van der Waals surface area contributed by atoms with E-state index in [-0.39, 0.29) is 23.8 Å². The molecule has 0 N–H and O–H groups in total. The predicted molar refractivity (Wildman–Crippen MR) is 176 cm³/mol. The van der Waals surface area contributed by atoms with Gasteiger partial charge < -0.3 is 14.2 Å². The number of carbonyl (C=O) groups is 2. The predicted octanol–water partition coefficient (Wildman–Crippen LogP) is 6.49. The lowest BCUT2D eigenvalue weighted by Gasteiger charge is -2.27. The van der Waals surface area contributed by atoms with E-state index in [0.29, 0.717) is 34.8 Å². The van der Waals surface area contributed by atoms with Crippen LogP contribution in [-0.2, 0) is 16.0 Å². The van der Waals surface area contributed by atoms with E-state index >= 15 is 0 Å². The minimum Gasteiger partial charge on any atom is -0.493 e. The first-order valence-electron chi connectivity index (χ1n) is 15.0. The lowest BCUT2D eigenvalue weighted by Crippen LogP contribution is -2.43. The standard InChI is InChI=1S/C37H36N4O5/c1-23(2)46-29-13-14-30(24(3)18-29)35-27(22-41(39-35)28-10-8-7-9-11-28)20-31-25(4)32(21-38)37(43)40(36(31)42)17-16-26-12-15-33(44-5)34(19-26)45-6/h7-15,18-20,22-23H,16-17H2,1-6H3/b31-20+. The molecule has 0 saturated carbocycles. The van der Waals surface area contributed by atoms with Gasteiger partial charge in [0, 0.05) is 29.4 Å². The number of hydrogen-bond acceptors (Lipinski definition) is 7. The van der Waals surface area contributed by atoms with Gasteiger partial charge in [-0.2, -0.15) is 10.4 Å². The third-order valence-electron chi connectivity index (χ3n) is 7.79. The molecule has 0 radical (unpaired) electrons. The van der Waals surface area contributed by atoms with Crippen LogP contribution in [0.2, 0.25) is 0 Å². The van der Waals surface area contributed by atoms with Crippen molar-refractivity contribution in [2.75, 3.05) is 20.8 Å². The number of benzene rings is 3. The van der Waals surface area contributed by atoms with Crippen molar-refractivity contribution in [1.82, 2.24) is 14.7 Å². The Morgan fingerprint density at radius 3 is 2.33 bits per heavy atom. The highest BCUT2D eigenvalue weighted by Crippen LogP contribution is 2.34. The molecule has 9 nitrogen and oxygen atoms in total. The summed E-state index contributed by atoms with van der Waals surface area (Å²) in [4.78, 5) is 28.5. The molecule has 5 rings (SSSR count). The summed E-state index contributed by atoms with van der Waals surface area (Å²) in [6, 6.07) is 23.0. The summed E-state index contributed by atoms with van der Waals surface area (Å²) in [7, 11) is 3.10. The molecular weight excluding hydrogens is 580 g/mol. The molecule has 0 aliphatic carbocycles. The normalized spacial score (nSPS) is 14.2. The lowest BCUT2D eigenvalue weighted by molar-refractivity contribution is -0.140. The Morgan fingerprint density at radius 2 is 1.67 bits per heavy atom. The van der Waals surface area contributed by atoms with Gasteiger partial charge in [-0.1, -0.05) is 24.3 Å². The first-order valence-corrected chi connectivity index (χ1v) is 15.0. The molecule has 1 aromatic heterocycles. The van der Waals surface area contributed by atoms with Crippen molar-refractivity contribution in [3.8, 4) is 40.3 Å². The Hall–Kier alpha value is -5.62. The number of carbonyl (C=O) groups excluding carboxylic acids is 2. The number of ether oxygens (including phenoxy) is 3. The molecule has 234 valence electrons. The Bertz CT molecular complexity index is 1900. The van der Waals surface area contributed by atoms with Gasteiger partial charge in [0.2, 0.25) is 0 Å². The molecule has 0 fully saturated rings. The van der Waals surface area contributed by atoms with Crippen LogP contribution in [0.25, 0.3) is 23.0 Å². The fourth-order valence-corrected chi connectivity index (χ4v) is 5.43. The van der Waals surface area contributed by atoms with E-state index in [0.717, 1.165) is 33.0 Å². The quantitative estimate of drug-likeness (QED) is 0.148. The number of aromatic nitrogens is 2. The zero-order chi connectivity index (χ0) is 33.0. The van der Waals surface area contributed by atoms with Crippen LogP contribution in [0.5, 0.6) is 17.2 Å². The largest absolute Gasteiger partial charge is 0.493 e. The molecule has 4 aromatic rings. The second-order valence-corrected chi connectivity index (χ2v) is 11.2. The zero-order valence-electron chi connectivity index (χ0n) is 26.8. The van der Waals surface area contributed by atoms with E-state index in [9.17, 15) is 14.9 Å². The number of amides is 2. The number of para-hydroxylation sites is 1. The van der Waals surface area contributed by atoms with Crippen molar-refractivity contribution in [1.29, 1.82) is 5.26 Å². The van der Waals surface area contributed by atoms with Gasteiger partial charge in [-0.15, -0.1) is 0 Å². The van der Waals surface area contributed by atoms with Gasteiger partial charge in [0.25, 0.3) is 11.8 Å². The molecule has 1 aliphatic heterocycles. The first kappa shape index (κ1) is 31.8. The third-order valence-corrected chi connectivity index (χ3v) is 7.79. The monoisotopic (exact) mass is 616 g/mol. The van der Waals surface area contributed by atoms with Gasteiger partial charge in [-0.3, -0.25) is 14.5 Å². The smallest absolute Gasteiger partial charge is 0.271 e. The van der Waals surface area contributed by atoms with E-state index in [1.165, 1.54) is 0 Å². The number of hydrogen-bond donors (Lipinski definition) is 0. The maximum absolute atomic E-state index is 14.0. The van der Waals surface area contributed by atoms with Crippen molar-refractivity contribution in [3.05, 3.63) is 106 Å². The number of methoxy groups -OCH3 is 2. The Morgan fingerprint density at radius 1 is 0.935 bits per heavy atom. The molecule has 0 unspecified atom stereocenters. The molecule has 1 aliphatic rings. The lowest BCUT2D eigenvalue weighted by atomic mass is 9.92. The van der Waals surface area contributed by atoms with Crippen molar-refractivity contribution >= 4 is 17.9 Å². The average molecular weight is 617 g/mol. The van der Waals surface area contributed by atoms with Crippen LogP contribution < -0.4 is 14.2 Å². The summed E-state index contributed by atoms with van der Waals surface area (Å²) in [6.45, 7) is 7.65. The van der Waals surface area contributed by atoms with E-state index < -0.39 is 11.8 Å². The highest BCUT2D eigenvalue weighted by atomic mass is 16.5. The third kappa shape index (κ3) is 6.42. The molecule has 46 heavy (non-hydrogen) atoms. The van der Waals surface area contributed by atoms with Crippen molar-refractivity contribution in [2.24, 2.45) is 0 Å². The Labute approximate surface area is 268 Å². The van der Waals surface area contributed by atoms with E-state index in [1.807, 2.05) is 93.7 Å². The first-order chi connectivity index (χ1) is 22.1. The molecule has 0 spiro atoms. The van der Waals surface area contributed by atoms with E-state index in [1.54, 1.807) is 38.0 Å². The summed E-state index contributed by atoms with van der Waals surface area (Å²) in [5.74, 6) is 0.794. The second-order valence-electron chi connectivity index (χ2n) is 11.2. The molecule has 3 aromatic carbocycles. The van der Waals surface area contributed by atoms with E-state index in [2.05, 4.69) is 0 Å². The summed E-state index contributed by atoms with van der Waals surface area (Å²) >= 11 is 0. The molecule has 2 amide bonds.